The fourth-order valence-corrected chi connectivity index (χ4v) is 1.76. The van der Waals surface area contributed by atoms with Gasteiger partial charge in [-0.3, -0.25) is 0 Å². The number of carbonyl (C=O) groups is 1. The molecule has 4 nitrogen and oxygen atoms in total. The standard InChI is InChI=1S/C10H17NO3/c1-10(2)5-3-4-8(6-10)11-14-7-9(12)13/h3-7H2,1-2H3,(H,12,13)/b11-8-. The molecule has 0 saturated heterocycles. The molecule has 4 heteroatoms. The molecule has 0 aromatic carbocycles. The van der Waals surface area contributed by atoms with Crippen LogP contribution in [0.1, 0.15) is 39.5 Å². The highest BCUT2D eigenvalue weighted by molar-refractivity contribution is 5.85. The zero-order chi connectivity index (χ0) is 10.6. The Morgan fingerprint density at radius 1 is 1.64 bits per heavy atom. The van der Waals surface area contributed by atoms with Gasteiger partial charge >= 0.3 is 5.97 Å². The van der Waals surface area contributed by atoms with Crippen molar-refractivity contribution >= 4 is 11.7 Å². The van der Waals surface area contributed by atoms with Gasteiger partial charge in [0, 0.05) is 0 Å². The van der Waals surface area contributed by atoms with E-state index in [4.69, 9.17) is 9.94 Å². The smallest absolute Gasteiger partial charge is 0.344 e. The molecular formula is C10H17NO3. The highest BCUT2D eigenvalue weighted by atomic mass is 16.6. The van der Waals surface area contributed by atoms with Crippen LogP contribution in [-0.2, 0) is 9.63 Å². The lowest BCUT2D eigenvalue weighted by Crippen LogP contribution is -2.23. The summed E-state index contributed by atoms with van der Waals surface area (Å²) in [6.45, 7) is 4.04. The Hall–Kier alpha value is -1.06. The quantitative estimate of drug-likeness (QED) is 0.707. The van der Waals surface area contributed by atoms with Crippen LogP contribution in [0.4, 0.5) is 0 Å². The second-order valence-electron chi connectivity index (χ2n) is 4.52. The van der Waals surface area contributed by atoms with Crippen molar-refractivity contribution < 1.29 is 14.7 Å². The van der Waals surface area contributed by atoms with Crippen LogP contribution in [0.15, 0.2) is 5.16 Å². The fourth-order valence-electron chi connectivity index (χ4n) is 1.76. The van der Waals surface area contributed by atoms with Crippen molar-refractivity contribution in [3.05, 3.63) is 0 Å². The topological polar surface area (TPSA) is 58.9 Å². The third kappa shape index (κ3) is 3.77. The monoisotopic (exact) mass is 199 g/mol. The van der Waals surface area contributed by atoms with Crippen LogP contribution < -0.4 is 0 Å². The molecule has 0 spiro atoms. The summed E-state index contributed by atoms with van der Waals surface area (Å²) in [7, 11) is 0. The predicted molar refractivity (Wildman–Crippen MR) is 53.3 cm³/mol. The van der Waals surface area contributed by atoms with Crippen molar-refractivity contribution in [3.63, 3.8) is 0 Å². The van der Waals surface area contributed by atoms with Gasteiger partial charge in [0.25, 0.3) is 0 Å². The summed E-state index contributed by atoms with van der Waals surface area (Å²) >= 11 is 0. The van der Waals surface area contributed by atoms with Gasteiger partial charge in [-0.25, -0.2) is 4.79 Å². The second-order valence-corrected chi connectivity index (χ2v) is 4.52. The Bertz CT molecular complexity index is 246. The number of hydrogen-bond acceptors (Lipinski definition) is 3. The molecule has 0 aliphatic heterocycles. The van der Waals surface area contributed by atoms with Crippen molar-refractivity contribution in [2.75, 3.05) is 6.61 Å². The van der Waals surface area contributed by atoms with E-state index in [9.17, 15) is 4.79 Å². The first-order valence-corrected chi connectivity index (χ1v) is 4.89. The van der Waals surface area contributed by atoms with Crippen LogP contribution in [0.3, 0.4) is 0 Å². The number of nitrogens with zero attached hydrogens (tertiary/aromatic N) is 1. The highest BCUT2D eigenvalue weighted by Gasteiger charge is 2.25. The van der Waals surface area contributed by atoms with E-state index in [1.165, 1.54) is 6.42 Å². The zero-order valence-corrected chi connectivity index (χ0v) is 8.75. The molecule has 1 N–H and O–H groups in total. The van der Waals surface area contributed by atoms with Crippen LogP contribution in [0, 0.1) is 5.41 Å². The van der Waals surface area contributed by atoms with Crippen molar-refractivity contribution in [1.82, 2.24) is 0 Å². The lowest BCUT2D eigenvalue weighted by Gasteiger charge is -2.29. The number of oxime groups is 1. The molecule has 1 aliphatic rings. The molecule has 0 atom stereocenters. The summed E-state index contributed by atoms with van der Waals surface area (Å²) in [5, 5.41) is 12.2. The number of aliphatic carboxylic acids is 1. The van der Waals surface area contributed by atoms with Crippen LogP contribution in [0.5, 0.6) is 0 Å². The van der Waals surface area contributed by atoms with Gasteiger partial charge in [0.1, 0.15) is 0 Å². The normalized spacial score (nSPS) is 23.4. The van der Waals surface area contributed by atoms with Crippen molar-refractivity contribution in [1.29, 1.82) is 0 Å². The molecular weight excluding hydrogens is 182 g/mol. The van der Waals surface area contributed by atoms with E-state index < -0.39 is 5.97 Å². The lowest BCUT2D eigenvalue weighted by atomic mass is 9.77. The van der Waals surface area contributed by atoms with Gasteiger partial charge in [-0.2, -0.15) is 0 Å². The molecule has 0 amide bonds. The molecule has 1 aliphatic carbocycles. The fraction of sp³-hybridized carbons (Fsp3) is 0.800. The summed E-state index contributed by atoms with van der Waals surface area (Å²) in [6.07, 6.45) is 4.16. The first-order valence-electron chi connectivity index (χ1n) is 4.89. The molecule has 0 heterocycles. The summed E-state index contributed by atoms with van der Waals surface area (Å²) < 4.78 is 0. The summed E-state index contributed by atoms with van der Waals surface area (Å²) in [4.78, 5) is 14.9. The van der Waals surface area contributed by atoms with E-state index in [0.717, 1.165) is 25.0 Å². The van der Waals surface area contributed by atoms with Crippen LogP contribution in [0.2, 0.25) is 0 Å². The Labute approximate surface area is 83.9 Å². The summed E-state index contributed by atoms with van der Waals surface area (Å²) in [5.74, 6) is -0.982. The van der Waals surface area contributed by atoms with Crippen molar-refractivity contribution in [2.45, 2.75) is 39.5 Å². The molecule has 80 valence electrons. The number of hydrogen-bond donors (Lipinski definition) is 1. The summed E-state index contributed by atoms with van der Waals surface area (Å²) in [6, 6.07) is 0. The number of rotatable bonds is 3. The van der Waals surface area contributed by atoms with E-state index in [0.29, 0.717) is 0 Å². The third-order valence-corrected chi connectivity index (χ3v) is 2.38. The van der Waals surface area contributed by atoms with Gasteiger partial charge in [-0.05, 0) is 31.1 Å². The average Bonchev–Trinajstić information content (AvgIpc) is 2.01. The first-order chi connectivity index (χ1) is 6.49. The van der Waals surface area contributed by atoms with Gasteiger partial charge in [0.2, 0.25) is 6.61 Å². The number of carboxylic acids is 1. The Morgan fingerprint density at radius 2 is 2.36 bits per heavy atom. The first kappa shape index (κ1) is 11.0. The molecule has 0 bridgehead atoms. The maximum Gasteiger partial charge on any atom is 0.344 e. The Morgan fingerprint density at radius 3 is 2.93 bits per heavy atom. The number of carboxylic acid groups (broad SMARTS) is 1. The lowest BCUT2D eigenvalue weighted by molar-refractivity contribution is -0.142. The average molecular weight is 199 g/mol. The largest absolute Gasteiger partial charge is 0.479 e. The minimum atomic E-state index is -0.982. The van der Waals surface area contributed by atoms with Crippen LogP contribution in [-0.4, -0.2) is 23.4 Å². The van der Waals surface area contributed by atoms with Gasteiger partial charge in [-0.15, -0.1) is 0 Å². The van der Waals surface area contributed by atoms with E-state index in [2.05, 4.69) is 19.0 Å². The molecule has 0 radical (unpaired) electrons. The minimum Gasteiger partial charge on any atom is -0.479 e. The highest BCUT2D eigenvalue weighted by Crippen LogP contribution is 2.33. The van der Waals surface area contributed by atoms with Crippen molar-refractivity contribution in [3.8, 4) is 0 Å². The molecule has 1 saturated carbocycles. The van der Waals surface area contributed by atoms with E-state index in [1.807, 2.05) is 0 Å². The third-order valence-electron chi connectivity index (χ3n) is 2.38. The SMILES string of the molecule is CC1(C)CCC/C(=N/OCC(=O)O)C1. The van der Waals surface area contributed by atoms with E-state index >= 15 is 0 Å². The van der Waals surface area contributed by atoms with Gasteiger partial charge in [0.05, 0.1) is 5.71 Å². The zero-order valence-electron chi connectivity index (χ0n) is 8.75. The van der Waals surface area contributed by atoms with Crippen LogP contribution >= 0.6 is 0 Å². The van der Waals surface area contributed by atoms with Gasteiger partial charge < -0.3 is 9.94 Å². The van der Waals surface area contributed by atoms with Gasteiger partial charge in [0.15, 0.2) is 0 Å². The van der Waals surface area contributed by atoms with E-state index in [1.54, 1.807) is 0 Å². The van der Waals surface area contributed by atoms with Gasteiger partial charge in [-0.1, -0.05) is 19.0 Å². The maximum atomic E-state index is 10.2. The summed E-state index contributed by atoms with van der Waals surface area (Å²) in [5.41, 5.74) is 1.27. The maximum absolute atomic E-state index is 10.2. The molecule has 1 fully saturated rings. The predicted octanol–water partition coefficient (Wildman–Crippen LogP) is 2.04. The molecule has 1 rings (SSSR count). The second kappa shape index (κ2) is 4.44. The van der Waals surface area contributed by atoms with Crippen LogP contribution in [0.25, 0.3) is 0 Å². The van der Waals surface area contributed by atoms with E-state index in [-0.39, 0.29) is 12.0 Å². The minimum absolute atomic E-state index is 0.281. The molecule has 0 aromatic heterocycles. The Balaban J connectivity index is 2.40. The Kier molecular flexibility index (Phi) is 3.49. The molecule has 14 heavy (non-hydrogen) atoms. The molecule has 0 aromatic rings. The molecule has 0 unspecified atom stereocenters. The van der Waals surface area contributed by atoms with Crippen molar-refractivity contribution in [2.24, 2.45) is 10.6 Å².